The van der Waals surface area contributed by atoms with Crippen molar-refractivity contribution < 1.29 is 24.1 Å². The Morgan fingerprint density at radius 3 is 2.70 bits per heavy atom. The first-order valence-electron chi connectivity index (χ1n) is 16.0. The summed E-state index contributed by atoms with van der Waals surface area (Å²) >= 11 is 2.49. The number of phenolic OH excluding ortho intramolecular Hbond substituents is 1. The van der Waals surface area contributed by atoms with Crippen LogP contribution in [-0.2, 0) is 23.1 Å². The number of H-pyrrole nitrogens is 1. The van der Waals surface area contributed by atoms with Gasteiger partial charge in [0, 0.05) is 49.1 Å². The number of ether oxygens (including phenoxy) is 1. The summed E-state index contributed by atoms with van der Waals surface area (Å²) in [6, 6.07) is 8.24. The number of aromatic hydroxyl groups is 1. The van der Waals surface area contributed by atoms with Gasteiger partial charge in [0.1, 0.15) is 22.8 Å². The highest BCUT2D eigenvalue weighted by molar-refractivity contribution is 7.16. The Kier molecular flexibility index (Phi) is 9.84. The highest BCUT2D eigenvalue weighted by Gasteiger charge is 2.41. The van der Waals surface area contributed by atoms with Gasteiger partial charge in [-0.2, -0.15) is 0 Å². The minimum absolute atomic E-state index is 0.0315. The molecule has 0 radical (unpaired) electrons. The van der Waals surface area contributed by atoms with Crippen LogP contribution in [0.15, 0.2) is 40.5 Å². The predicted octanol–water partition coefficient (Wildman–Crippen LogP) is 4.56. The van der Waals surface area contributed by atoms with E-state index in [9.17, 15) is 24.2 Å². The van der Waals surface area contributed by atoms with Crippen LogP contribution in [0.2, 0.25) is 0 Å². The van der Waals surface area contributed by atoms with Gasteiger partial charge in [0.15, 0.2) is 0 Å². The van der Waals surface area contributed by atoms with Crippen LogP contribution >= 0.6 is 22.7 Å². The van der Waals surface area contributed by atoms with E-state index in [0.29, 0.717) is 60.7 Å². The molecule has 4 aromatic rings. The number of halogens is 1. The zero-order chi connectivity index (χ0) is 33.3. The molecule has 4 heterocycles. The molecule has 2 aliphatic rings. The number of aromatic amines is 1. The molecule has 1 amide bonds. The Morgan fingerprint density at radius 2 is 1.96 bits per heavy atom. The number of phenols is 1. The number of thiazole rings is 2. The largest absolute Gasteiger partial charge is 0.506 e. The Morgan fingerprint density at radius 1 is 1.19 bits per heavy atom. The number of likely N-dealkylation sites (tertiary alicyclic amines) is 1. The monoisotopic (exact) mass is 683 g/mol. The number of carbonyl (C=O) groups excluding carboxylic acids is 1. The molecule has 0 unspecified atom stereocenters. The number of hydrogen-bond acceptors (Lipinski definition) is 10. The molecule has 2 saturated heterocycles. The Hall–Kier alpha value is -3.20. The number of benzene rings is 2. The van der Waals surface area contributed by atoms with Crippen molar-refractivity contribution in [2.75, 3.05) is 45.9 Å². The van der Waals surface area contributed by atoms with Crippen molar-refractivity contribution in [1.82, 2.24) is 25.1 Å². The maximum atomic E-state index is 14.6. The fourth-order valence-corrected chi connectivity index (χ4v) is 8.21. The fourth-order valence-electron chi connectivity index (χ4n) is 6.41. The Labute approximate surface area is 281 Å². The average molecular weight is 684 g/mol. The average Bonchev–Trinajstić information content (AvgIpc) is 3.68. The van der Waals surface area contributed by atoms with E-state index in [4.69, 9.17) is 4.74 Å². The van der Waals surface area contributed by atoms with Crippen molar-refractivity contribution in [3.63, 3.8) is 0 Å². The Bertz CT molecular complexity index is 1790. The summed E-state index contributed by atoms with van der Waals surface area (Å²) in [6.07, 6.45) is 1.30. The number of morpholine rings is 1. The normalized spacial score (nSPS) is 17.9. The number of amides is 1. The van der Waals surface area contributed by atoms with E-state index >= 15 is 0 Å². The zero-order valence-corrected chi connectivity index (χ0v) is 28.6. The van der Waals surface area contributed by atoms with Crippen molar-refractivity contribution in [2.45, 2.75) is 63.7 Å². The molecule has 4 N–H and O–H groups in total. The lowest BCUT2D eigenvalue weighted by molar-refractivity contribution is -0.128. The van der Waals surface area contributed by atoms with Crippen molar-refractivity contribution in [1.29, 1.82) is 0 Å². The van der Waals surface area contributed by atoms with E-state index in [1.807, 2.05) is 16.3 Å². The zero-order valence-electron chi connectivity index (χ0n) is 27.0. The fraction of sp³-hybridized carbons (Fsp3) is 0.500. The molecule has 2 aromatic heterocycles. The van der Waals surface area contributed by atoms with Crippen molar-refractivity contribution in [3.8, 4) is 5.75 Å². The SMILES string of the molecule is CC(C)(C)c1nc(C(=O)N2CCOC3(CCN(Cc4cc(F)cc(CCNC[C@H](O)c5ccc(O)c6[nH]c(=O)sc56)c4)CC3)C2)cs1. The summed E-state index contributed by atoms with van der Waals surface area (Å²) in [5, 5.41) is 26.8. The first-order chi connectivity index (χ1) is 22.4. The standard InChI is InChI=1S/C34H42FN5O5S2/c1-33(2,3)31-37-25(19-46-31)30(43)40-12-13-45-34(20-40)7-10-39(11-8-34)18-22-14-21(15-23(35)16-22)6-9-36-17-27(42)24-4-5-26(41)28-29(24)47-32(44)38-28/h4-5,14-16,19,27,36,41-42H,6-13,17-18,20H2,1-3H3,(H,38,44)/t27-/m0/s1. The second kappa shape index (κ2) is 13.7. The van der Waals surface area contributed by atoms with E-state index in [2.05, 4.69) is 41.0 Å². The maximum absolute atomic E-state index is 14.6. The third-order valence-corrected chi connectivity index (χ3v) is 11.2. The third-order valence-electron chi connectivity index (χ3n) is 8.97. The first kappa shape index (κ1) is 33.7. The van der Waals surface area contributed by atoms with Crippen LogP contribution in [0.4, 0.5) is 4.39 Å². The minimum Gasteiger partial charge on any atom is -0.506 e. The lowest BCUT2D eigenvalue weighted by Gasteiger charge is -2.47. The predicted molar refractivity (Wildman–Crippen MR) is 182 cm³/mol. The lowest BCUT2D eigenvalue weighted by Crippen LogP contribution is -2.58. The highest BCUT2D eigenvalue weighted by Crippen LogP contribution is 2.33. The summed E-state index contributed by atoms with van der Waals surface area (Å²) in [6.45, 7) is 10.9. The quantitative estimate of drug-likeness (QED) is 0.189. The molecule has 252 valence electrons. The number of hydrogen-bond donors (Lipinski definition) is 4. The van der Waals surface area contributed by atoms with Crippen LogP contribution in [0.25, 0.3) is 10.2 Å². The number of rotatable bonds is 9. The topological polar surface area (TPSA) is 131 Å². The van der Waals surface area contributed by atoms with Gasteiger partial charge < -0.3 is 30.2 Å². The molecular weight excluding hydrogens is 642 g/mol. The molecule has 2 fully saturated rings. The van der Waals surface area contributed by atoms with Crippen LogP contribution in [-0.4, -0.2) is 87.4 Å². The van der Waals surface area contributed by atoms with Gasteiger partial charge >= 0.3 is 4.87 Å². The lowest BCUT2D eigenvalue weighted by atomic mass is 9.89. The third kappa shape index (κ3) is 7.76. The molecular formula is C34H42FN5O5S2. The molecule has 0 bridgehead atoms. The summed E-state index contributed by atoms with van der Waals surface area (Å²) in [7, 11) is 0. The van der Waals surface area contributed by atoms with Gasteiger partial charge in [-0.15, -0.1) is 11.3 Å². The molecule has 1 atom stereocenters. The number of aromatic nitrogens is 2. The van der Waals surface area contributed by atoms with Gasteiger partial charge in [-0.25, -0.2) is 9.37 Å². The maximum Gasteiger partial charge on any atom is 0.305 e. The molecule has 10 nitrogen and oxygen atoms in total. The number of nitrogens with zero attached hydrogens (tertiary/aromatic N) is 3. The summed E-state index contributed by atoms with van der Waals surface area (Å²) < 4.78 is 21.5. The molecule has 2 aliphatic heterocycles. The van der Waals surface area contributed by atoms with E-state index < -0.39 is 6.10 Å². The smallest absolute Gasteiger partial charge is 0.305 e. The number of nitrogens with one attached hydrogen (secondary N) is 2. The number of piperidine rings is 1. The summed E-state index contributed by atoms with van der Waals surface area (Å²) in [5.74, 6) is -0.341. The summed E-state index contributed by atoms with van der Waals surface area (Å²) in [5.41, 5.74) is 2.72. The van der Waals surface area contributed by atoms with Crippen LogP contribution < -0.4 is 10.2 Å². The van der Waals surface area contributed by atoms with Crippen molar-refractivity contribution in [3.05, 3.63) is 78.6 Å². The first-order valence-corrected chi connectivity index (χ1v) is 17.7. The van der Waals surface area contributed by atoms with Gasteiger partial charge in [0.25, 0.3) is 5.91 Å². The van der Waals surface area contributed by atoms with Gasteiger partial charge in [-0.3, -0.25) is 14.5 Å². The second-order valence-electron chi connectivity index (χ2n) is 13.7. The molecule has 0 aliphatic carbocycles. The van der Waals surface area contributed by atoms with Gasteiger partial charge in [0.05, 0.1) is 34.6 Å². The van der Waals surface area contributed by atoms with E-state index in [-0.39, 0.29) is 39.9 Å². The second-order valence-corrected chi connectivity index (χ2v) is 15.5. The van der Waals surface area contributed by atoms with Crippen LogP contribution in [0.3, 0.4) is 0 Å². The van der Waals surface area contributed by atoms with Crippen LogP contribution in [0.1, 0.15) is 71.9 Å². The van der Waals surface area contributed by atoms with Crippen molar-refractivity contribution >= 4 is 38.8 Å². The molecule has 6 rings (SSSR count). The van der Waals surface area contributed by atoms with Gasteiger partial charge in [-0.05, 0) is 55.1 Å². The number of aliphatic hydroxyl groups is 1. The molecule has 13 heteroatoms. The number of carbonyl (C=O) groups is 1. The number of aliphatic hydroxyl groups excluding tert-OH is 1. The highest BCUT2D eigenvalue weighted by atomic mass is 32.1. The molecule has 47 heavy (non-hydrogen) atoms. The Balaban J connectivity index is 0.991. The van der Waals surface area contributed by atoms with E-state index in [1.54, 1.807) is 18.2 Å². The summed E-state index contributed by atoms with van der Waals surface area (Å²) in [4.78, 5) is 36.3. The van der Waals surface area contributed by atoms with Gasteiger partial charge in [-0.1, -0.05) is 44.2 Å². The van der Waals surface area contributed by atoms with Crippen LogP contribution in [0, 0.1) is 5.82 Å². The van der Waals surface area contributed by atoms with Crippen molar-refractivity contribution in [2.24, 2.45) is 0 Å². The molecule has 0 saturated carbocycles. The molecule has 1 spiro atoms. The number of fused-ring (bicyclic) bond motifs is 1. The van der Waals surface area contributed by atoms with E-state index in [1.165, 1.54) is 17.4 Å². The molecule has 2 aromatic carbocycles. The minimum atomic E-state index is -0.873. The van der Waals surface area contributed by atoms with E-state index in [0.717, 1.165) is 53.4 Å². The van der Waals surface area contributed by atoms with Crippen LogP contribution in [0.5, 0.6) is 5.75 Å². The van der Waals surface area contributed by atoms with Gasteiger partial charge in [0.2, 0.25) is 0 Å².